The van der Waals surface area contributed by atoms with Crippen molar-refractivity contribution in [2.75, 3.05) is 28.4 Å². The molecule has 0 spiro atoms. The van der Waals surface area contributed by atoms with Crippen molar-refractivity contribution in [3.8, 4) is 23.0 Å². The Hall–Kier alpha value is -4.24. The zero-order valence-electron chi connectivity index (χ0n) is 23.7. The van der Waals surface area contributed by atoms with Gasteiger partial charge in [0.25, 0.3) is 0 Å². The van der Waals surface area contributed by atoms with E-state index < -0.39 is 11.9 Å². The predicted octanol–water partition coefficient (Wildman–Crippen LogP) is 5.89. The average molecular weight is 576 g/mol. The Labute approximate surface area is 243 Å². The molecule has 1 aliphatic carbocycles. The molecule has 2 unspecified atom stereocenters. The van der Waals surface area contributed by atoms with E-state index in [1.165, 1.54) is 26.2 Å². The minimum absolute atomic E-state index is 0.0103. The number of carbonyl (C=O) groups is 2. The summed E-state index contributed by atoms with van der Waals surface area (Å²) in [6, 6.07) is 15.0. The normalized spacial score (nSPS) is 18.4. The van der Waals surface area contributed by atoms with Crippen LogP contribution in [0.3, 0.4) is 0 Å². The Morgan fingerprint density at radius 1 is 0.951 bits per heavy atom. The maximum atomic E-state index is 13.9. The summed E-state index contributed by atoms with van der Waals surface area (Å²) in [5.41, 5.74) is 3.89. The number of Topliss-reactive ketones (excluding diaryl/α,β-unsaturated/α-hetero) is 1. The molecule has 0 saturated heterocycles. The molecule has 2 aliphatic rings. The molecule has 1 aliphatic heterocycles. The molecular formula is C32H33NO7S. The molecule has 0 fully saturated rings. The molecule has 9 heteroatoms. The van der Waals surface area contributed by atoms with E-state index in [1.807, 2.05) is 42.6 Å². The Balaban J connectivity index is 1.56. The number of hydrogen-bond donors (Lipinski definition) is 1. The van der Waals surface area contributed by atoms with Crippen molar-refractivity contribution in [2.45, 2.75) is 38.2 Å². The molecule has 0 bridgehead atoms. The Kier molecular flexibility index (Phi) is 8.35. The summed E-state index contributed by atoms with van der Waals surface area (Å²) in [6.07, 6.45) is 1.02. The van der Waals surface area contributed by atoms with Gasteiger partial charge >= 0.3 is 5.97 Å². The molecule has 0 saturated carbocycles. The van der Waals surface area contributed by atoms with E-state index in [0.29, 0.717) is 58.2 Å². The monoisotopic (exact) mass is 575 g/mol. The number of dihydropyridines is 1. The number of allylic oxidation sites excluding steroid dienone is 3. The molecule has 3 aromatic rings. The number of esters is 1. The highest BCUT2D eigenvalue weighted by molar-refractivity contribution is 7.10. The lowest BCUT2D eigenvalue weighted by Gasteiger charge is -2.36. The van der Waals surface area contributed by atoms with Gasteiger partial charge in [0.1, 0.15) is 12.4 Å². The van der Waals surface area contributed by atoms with E-state index in [0.717, 1.165) is 11.3 Å². The summed E-state index contributed by atoms with van der Waals surface area (Å²) in [5, 5.41) is 5.43. The van der Waals surface area contributed by atoms with E-state index in [4.69, 9.17) is 23.7 Å². The van der Waals surface area contributed by atoms with Crippen LogP contribution in [-0.2, 0) is 20.9 Å². The number of rotatable bonds is 9. The minimum Gasteiger partial charge on any atom is -0.497 e. The van der Waals surface area contributed by atoms with Gasteiger partial charge in [-0.3, -0.25) is 4.79 Å². The third-order valence-corrected chi connectivity index (χ3v) is 8.58. The highest BCUT2D eigenvalue weighted by Gasteiger charge is 2.42. The summed E-state index contributed by atoms with van der Waals surface area (Å²) in [6.45, 7) is 1.92. The fourth-order valence-electron chi connectivity index (χ4n) is 5.58. The second kappa shape index (κ2) is 12.1. The third-order valence-electron chi connectivity index (χ3n) is 7.54. The van der Waals surface area contributed by atoms with E-state index in [1.54, 1.807) is 30.6 Å². The van der Waals surface area contributed by atoms with Crippen LogP contribution in [0, 0.1) is 0 Å². The van der Waals surface area contributed by atoms with Crippen molar-refractivity contribution < 1.29 is 33.3 Å². The van der Waals surface area contributed by atoms with Gasteiger partial charge in [-0.1, -0.05) is 18.2 Å². The van der Waals surface area contributed by atoms with Crippen LogP contribution in [0.5, 0.6) is 23.0 Å². The lowest BCUT2D eigenvalue weighted by atomic mass is 9.72. The summed E-state index contributed by atoms with van der Waals surface area (Å²) >= 11 is 1.65. The molecule has 8 nitrogen and oxygen atoms in total. The van der Waals surface area contributed by atoms with Gasteiger partial charge in [0.2, 0.25) is 5.75 Å². The van der Waals surface area contributed by atoms with Crippen molar-refractivity contribution in [2.24, 2.45) is 0 Å². The van der Waals surface area contributed by atoms with E-state index in [9.17, 15) is 9.59 Å². The minimum atomic E-state index is -0.680. The number of methoxy groups -OCH3 is 4. The second-order valence-corrected chi connectivity index (χ2v) is 10.9. The largest absolute Gasteiger partial charge is 0.497 e. The van der Waals surface area contributed by atoms with Gasteiger partial charge < -0.3 is 29.0 Å². The maximum Gasteiger partial charge on any atom is 0.337 e. The third kappa shape index (κ3) is 5.54. The zero-order valence-corrected chi connectivity index (χ0v) is 24.6. The van der Waals surface area contributed by atoms with Crippen LogP contribution in [0.25, 0.3) is 0 Å². The Bertz CT molecular complexity index is 1480. The van der Waals surface area contributed by atoms with Crippen molar-refractivity contribution in [3.05, 3.63) is 92.5 Å². The number of ketones is 1. The number of hydrogen-bond acceptors (Lipinski definition) is 9. The van der Waals surface area contributed by atoms with Gasteiger partial charge in [0.15, 0.2) is 17.3 Å². The molecule has 2 aromatic carbocycles. The van der Waals surface area contributed by atoms with Crippen LogP contribution in [0.4, 0.5) is 0 Å². The maximum absolute atomic E-state index is 13.9. The highest BCUT2D eigenvalue weighted by Crippen LogP contribution is 2.49. The van der Waals surface area contributed by atoms with Gasteiger partial charge in [0.05, 0.1) is 34.0 Å². The molecule has 1 N–H and O–H groups in total. The van der Waals surface area contributed by atoms with Crippen molar-refractivity contribution in [1.82, 2.24) is 5.32 Å². The fourth-order valence-corrected chi connectivity index (χ4v) is 6.41. The average Bonchev–Trinajstić information content (AvgIpc) is 3.54. The summed E-state index contributed by atoms with van der Waals surface area (Å²) in [7, 11) is 6.21. The van der Waals surface area contributed by atoms with Crippen LogP contribution in [0.15, 0.2) is 76.5 Å². The summed E-state index contributed by atoms with van der Waals surface area (Å²) < 4.78 is 27.8. The first-order valence-corrected chi connectivity index (χ1v) is 14.1. The van der Waals surface area contributed by atoms with Gasteiger partial charge in [0, 0.05) is 40.1 Å². The van der Waals surface area contributed by atoms with Gasteiger partial charge in [-0.15, -0.1) is 11.3 Å². The Morgan fingerprint density at radius 2 is 1.66 bits per heavy atom. The highest BCUT2D eigenvalue weighted by atomic mass is 32.1. The number of ether oxygens (including phenoxy) is 5. The topological polar surface area (TPSA) is 92.3 Å². The van der Waals surface area contributed by atoms with Crippen LogP contribution >= 0.6 is 11.3 Å². The van der Waals surface area contributed by atoms with Crippen molar-refractivity contribution in [1.29, 1.82) is 0 Å². The molecule has 2 atom stereocenters. The Morgan fingerprint density at radius 3 is 2.24 bits per heavy atom. The first kappa shape index (κ1) is 28.3. The van der Waals surface area contributed by atoms with Gasteiger partial charge in [-0.2, -0.15) is 0 Å². The molecule has 41 heavy (non-hydrogen) atoms. The number of carbonyl (C=O) groups excluding carboxylic acids is 2. The molecule has 1 aromatic heterocycles. The standard InChI is InChI=1S/C32H33NO7S/c1-18-28(32(35)40-17-19-8-10-22(36-2)11-9-19)29(21-15-25(37-3)31(39-5)26(16-21)38-4)30-23(33-18)13-20(14-24(30)34)27-7-6-12-41-27/h6-12,15-16,20,29,33H,13-14,17H2,1-5H3. The molecule has 0 radical (unpaired) electrons. The summed E-state index contributed by atoms with van der Waals surface area (Å²) in [4.78, 5) is 28.9. The van der Waals surface area contributed by atoms with Gasteiger partial charge in [-0.25, -0.2) is 4.79 Å². The van der Waals surface area contributed by atoms with Crippen LogP contribution in [0.2, 0.25) is 0 Å². The van der Waals surface area contributed by atoms with Crippen LogP contribution < -0.4 is 24.3 Å². The van der Waals surface area contributed by atoms with Crippen molar-refractivity contribution >= 4 is 23.1 Å². The first-order chi connectivity index (χ1) is 19.9. The summed E-state index contributed by atoms with van der Waals surface area (Å²) in [5.74, 6) is 0.892. The first-order valence-electron chi connectivity index (χ1n) is 13.3. The smallest absolute Gasteiger partial charge is 0.337 e. The molecule has 214 valence electrons. The predicted molar refractivity (Wildman–Crippen MR) is 156 cm³/mol. The molecule has 5 rings (SSSR count). The van der Waals surface area contributed by atoms with E-state index in [-0.39, 0.29) is 18.3 Å². The SMILES string of the molecule is COc1ccc(COC(=O)C2=C(C)NC3=C(C(=O)CC(c4cccs4)C3)C2c2cc(OC)c(OC)c(OC)c2)cc1. The lowest BCUT2D eigenvalue weighted by Crippen LogP contribution is -2.36. The second-order valence-electron chi connectivity index (χ2n) is 9.92. The van der Waals surface area contributed by atoms with Gasteiger partial charge in [-0.05, 0) is 60.2 Å². The lowest BCUT2D eigenvalue weighted by molar-refractivity contribution is -0.140. The van der Waals surface area contributed by atoms with Crippen LogP contribution in [0.1, 0.15) is 47.6 Å². The zero-order chi connectivity index (χ0) is 29.1. The number of thiophene rings is 1. The number of benzene rings is 2. The molecule has 2 heterocycles. The number of nitrogens with one attached hydrogen (secondary N) is 1. The van der Waals surface area contributed by atoms with E-state index >= 15 is 0 Å². The van der Waals surface area contributed by atoms with E-state index in [2.05, 4.69) is 11.4 Å². The molecular weight excluding hydrogens is 542 g/mol. The quantitative estimate of drug-likeness (QED) is 0.316. The fraction of sp³-hybridized carbons (Fsp3) is 0.312. The molecule has 0 amide bonds. The van der Waals surface area contributed by atoms with Crippen molar-refractivity contribution in [3.63, 3.8) is 0 Å². The van der Waals surface area contributed by atoms with Crippen LogP contribution in [-0.4, -0.2) is 40.2 Å².